The molecule has 4 nitrogen and oxygen atoms in total. The van der Waals surface area contributed by atoms with Crippen molar-refractivity contribution in [2.45, 2.75) is 6.61 Å². The topological polar surface area (TPSA) is 59.4 Å². The number of aliphatic hydroxyl groups is 1. The van der Waals surface area contributed by atoms with Crippen LogP contribution in [0.15, 0.2) is 32.0 Å². The van der Waals surface area contributed by atoms with Gasteiger partial charge >= 0.3 is 0 Å². The van der Waals surface area contributed by atoms with E-state index in [0.717, 1.165) is 0 Å². The average Bonchev–Trinajstić information content (AvgIpc) is 2.71. The van der Waals surface area contributed by atoms with Crippen molar-refractivity contribution in [2.75, 3.05) is 0 Å². The number of oxazole rings is 1. The maximum atomic E-state index is 8.90. The van der Waals surface area contributed by atoms with Crippen molar-refractivity contribution < 1.29 is 13.9 Å². The number of halogens is 1. The van der Waals surface area contributed by atoms with Crippen molar-refractivity contribution in [2.24, 2.45) is 0 Å². The molecule has 0 aliphatic heterocycles. The van der Waals surface area contributed by atoms with Crippen LogP contribution in [0.2, 0.25) is 0 Å². The van der Waals surface area contributed by atoms with E-state index in [9.17, 15) is 0 Å². The summed E-state index contributed by atoms with van der Waals surface area (Å²) in [4.78, 5) is 3.83. The van der Waals surface area contributed by atoms with Gasteiger partial charge in [-0.2, -0.15) is 0 Å². The standard InChI is InChI=1S/C8H6BrNO3/c9-7-2-1-6(13-7)8-5(3-11)10-4-12-8/h1-2,4,11H,3H2. The van der Waals surface area contributed by atoms with Gasteiger partial charge in [0.1, 0.15) is 5.69 Å². The van der Waals surface area contributed by atoms with Crippen molar-refractivity contribution in [3.8, 4) is 11.5 Å². The van der Waals surface area contributed by atoms with Crippen LogP contribution in [0.5, 0.6) is 0 Å². The van der Waals surface area contributed by atoms with Gasteiger partial charge in [0.25, 0.3) is 0 Å². The van der Waals surface area contributed by atoms with Crippen molar-refractivity contribution in [3.05, 3.63) is 28.9 Å². The SMILES string of the molecule is OCc1ncoc1-c1ccc(Br)o1. The average molecular weight is 244 g/mol. The molecule has 0 aliphatic carbocycles. The van der Waals surface area contributed by atoms with Crippen molar-refractivity contribution in [1.82, 2.24) is 4.98 Å². The molecule has 2 heterocycles. The van der Waals surface area contributed by atoms with Crippen molar-refractivity contribution in [1.29, 1.82) is 0 Å². The molecule has 0 aliphatic rings. The van der Waals surface area contributed by atoms with Crippen LogP contribution in [0.3, 0.4) is 0 Å². The molecule has 0 spiro atoms. The molecule has 0 amide bonds. The summed E-state index contributed by atoms with van der Waals surface area (Å²) >= 11 is 3.17. The van der Waals surface area contributed by atoms with Crippen molar-refractivity contribution >= 4 is 15.9 Å². The Morgan fingerprint density at radius 2 is 2.31 bits per heavy atom. The van der Waals surface area contributed by atoms with E-state index in [1.807, 2.05) is 0 Å². The number of furan rings is 1. The first-order valence-electron chi connectivity index (χ1n) is 3.60. The first kappa shape index (κ1) is 8.52. The molecule has 2 aromatic heterocycles. The van der Waals surface area contributed by atoms with Gasteiger partial charge in [-0.15, -0.1) is 0 Å². The minimum atomic E-state index is -0.163. The van der Waals surface area contributed by atoms with E-state index >= 15 is 0 Å². The van der Waals surface area contributed by atoms with Gasteiger partial charge in [-0.05, 0) is 28.1 Å². The van der Waals surface area contributed by atoms with E-state index in [0.29, 0.717) is 21.9 Å². The number of rotatable bonds is 2. The zero-order valence-electron chi connectivity index (χ0n) is 6.53. The second kappa shape index (κ2) is 3.35. The third-order valence-electron chi connectivity index (χ3n) is 1.59. The first-order valence-corrected chi connectivity index (χ1v) is 4.39. The lowest BCUT2D eigenvalue weighted by molar-refractivity contribution is 0.277. The summed E-state index contributed by atoms with van der Waals surface area (Å²) in [6.45, 7) is -0.163. The number of hydrogen-bond donors (Lipinski definition) is 1. The predicted octanol–water partition coefficient (Wildman–Crippen LogP) is 2.19. The zero-order chi connectivity index (χ0) is 9.26. The summed E-state index contributed by atoms with van der Waals surface area (Å²) in [5.74, 6) is 1.02. The van der Waals surface area contributed by atoms with E-state index in [1.165, 1.54) is 6.39 Å². The Morgan fingerprint density at radius 3 is 2.92 bits per heavy atom. The summed E-state index contributed by atoms with van der Waals surface area (Å²) in [5, 5.41) is 8.90. The largest absolute Gasteiger partial charge is 0.446 e. The van der Waals surface area contributed by atoms with Gasteiger partial charge in [0, 0.05) is 0 Å². The predicted molar refractivity (Wildman–Crippen MR) is 47.8 cm³/mol. The van der Waals surface area contributed by atoms with E-state index < -0.39 is 0 Å². The third-order valence-corrected chi connectivity index (χ3v) is 2.01. The number of aromatic nitrogens is 1. The summed E-state index contributed by atoms with van der Waals surface area (Å²) < 4.78 is 10.9. The van der Waals surface area contributed by atoms with Gasteiger partial charge in [-0.1, -0.05) is 0 Å². The molecule has 0 unspecified atom stereocenters. The highest BCUT2D eigenvalue weighted by Crippen LogP contribution is 2.27. The maximum Gasteiger partial charge on any atom is 0.195 e. The number of nitrogens with zero attached hydrogens (tertiary/aromatic N) is 1. The molecule has 68 valence electrons. The molecular formula is C8H6BrNO3. The molecule has 1 N–H and O–H groups in total. The van der Waals surface area contributed by atoms with Gasteiger partial charge in [-0.25, -0.2) is 4.98 Å². The molecule has 0 bridgehead atoms. The monoisotopic (exact) mass is 243 g/mol. The van der Waals surface area contributed by atoms with Crippen LogP contribution in [0, 0.1) is 0 Å². The second-order valence-electron chi connectivity index (χ2n) is 2.39. The lowest BCUT2D eigenvalue weighted by atomic mass is 10.3. The Kier molecular flexibility index (Phi) is 2.20. The fourth-order valence-corrected chi connectivity index (χ4v) is 1.33. The Morgan fingerprint density at radius 1 is 1.46 bits per heavy atom. The van der Waals surface area contributed by atoms with Crippen LogP contribution in [-0.4, -0.2) is 10.1 Å². The molecule has 2 aromatic rings. The first-order chi connectivity index (χ1) is 6.31. The van der Waals surface area contributed by atoms with Gasteiger partial charge in [0.15, 0.2) is 22.6 Å². The number of aliphatic hydroxyl groups excluding tert-OH is 1. The van der Waals surface area contributed by atoms with Crippen LogP contribution < -0.4 is 0 Å². The maximum absolute atomic E-state index is 8.90. The van der Waals surface area contributed by atoms with Gasteiger partial charge in [0.2, 0.25) is 0 Å². The lowest BCUT2D eigenvalue weighted by Gasteiger charge is -1.92. The highest BCUT2D eigenvalue weighted by molar-refractivity contribution is 9.10. The van der Waals surface area contributed by atoms with Gasteiger partial charge < -0.3 is 13.9 Å². The summed E-state index contributed by atoms with van der Waals surface area (Å²) in [6.07, 6.45) is 1.28. The summed E-state index contributed by atoms with van der Waals surface area (Å²) in [7, 11) is 0. The second-order valence-corrected chi connectivity index (χ2v) is 3.17. The quantitative estimate of drug-likeness (QED) is 0.879. The fourth-order valence-electron chi connectivity index (χ4n) is 1.02. The summed E-state index contributed by atoms with van der Waals surface area (Å²) in [6, 6.07) is 3.49. The molecular weight excluding hydrogens is 238 g/mol. The van der Waals surface area contributed by atoms with Gasteiger partial charge in [0.05, 0.1) is 6.61 Å². The minimum absolute atomic E-state index is 0.163. The van der Waals surface area contributed by atoms with Crippen LogP contribution in [-0.2, 0) is 6.61 Å². The molecule has 0 radical (unpaired) electrons. The highest BCUT2D eigenvalue weighted by atomic mass is 79.9. The normalized spacial score (nSPS) is 10.6. The Labute approximate surface area is 82.3 Å². The van der Waals surface area contributed by atoms with E-state index in [1.54, 1.807) is 12.1 Å². The van der Waals surface area contributed by atoms with Crippen LogP contribution >= 0.6 is 15.9 Å². The molecule has 0 atom stereocenters. The van der Waals surface area contributed by atoms with Gasteiger partial charge in [-0.3, -0.25) is 0 Å². The van der Waals surface area contributed by atoms with Crippen LogP contribution in [0.4, 0.5) is 0 Å². The number of hydrogen-bond acceptors (Lipinski definition) is 4. The molecule has 0 saturated heterocycles. The molecule has 0 saturated carbocycles. The Bertz CT molecular complexity index is 407. The smallest absolute Gasteiger partial charge is 0.195 e. The molecule has 2 rings (SSSR count). The third kappa shape index (κ3) is 1.52. The van der Waals surface area contributed by atoms with Crippen LogP contribution in [0.1, 0.15) is 5.69 Å². The van der Waals surface area contributed by atoms with E-state index in [4.69, 9.17) is 13.9 Å². The molecule has 0 fully saturated rings. The van der Waals surface area contributed by atoms with Crippen molar-refractivity contribution in [3.63, 3.8) is 0 Å². The molecule has 5 heteroatoms. The highest BCUT2D eigenvalue weighted by Gasteiger charge is 2.12. The Balaban J connectivity index is 2.45. The van der Waals surface area contributed by atoms with Crippen LogP contribution in [0.25, 0.3) is 11.5 Å². The zero-order valence-corrected chi connectivity index (χ0v) is 8.11. The fraction of sp³-hybridized carbons (Fsp3) is 0.125. The summed E-state index contributed by atoms with van der Waals surface area (Å²) in [5.41, 5.74) is 0.474. The minimum Gasteiger partial charge on any atom is -0.446 e. The molecule has 13 heavy (non-hydrogen) atoms. The lowest BCUT2D eigenvalue weighted by Crippen LogP contribution is -1.84. The van der Waals surface area contributed by atoms with E-state index in [-0.39, 0.29) is 6.61 Å². The Hall–Kier alpha value is -1.07. The molecule has 0 aromatic carbocycles. The van der Waals surface area contributed by atoms with E-state index in [2.05, 4.69) is 20.9 Å².